The summed E-state index contributed by atoms with van der Waals surface area (Å²) in [5.74, 6) is 0.0998. The van der Waals surface area contributed by atoms with E-state index >= 15 is 0 Å². The number of nitrogens with zero attached hydrogens (tertiary/aromatic N) is 2. The van der Waals surface area contributed by atoms with Gasteiger partial charge in [-0.15, -0.1) is 0 Å². The predicted molar refractivity (Wildman–Crippen MR) is 115 cm³/mol. The fraction of sp³-hybridized carbons (Fsp3) is 0.316. The van der Waals surface area contributed by atoms with Gasteiger partial charge in [-0.05, 0) is 29.8 Å². The highest BCUT2D eigenvalue weighted by Gasteiger charge is 2.48. The van der Waals surface area contributed by atoms with Gasteiger partial charge in [0.15, 0.2) is 15.0 Å². The van der Waals surface area contributed by atoms with Crippen molar-refractivity contribution in [3.63, 3.8) is 0 Å². The fourth-order valence-corrected chi connectivity index (χ4v) is 7.00. The molecule has 0 unspecified atom stereocenters. The molecule has 160 valence electrons. The number of alkyl halides is 3. The van der Waals surface area contributed by atoms with Crippen LogP contribution in [0.5, 0.6) is 0 Å². The van der Waals surface area contributed by atoms with Crippen molar-refractivity contribution < 1.29 is 21.6 Å². The first kappa shape index (κ1) is 21.8. The van der Waals surface area contributed by atoms with Crippen molar-refractivity contribution in [2.45, 2.75) is 24.0 Å². The molecule has 0 aromatic heterocycles. The molecule has 0 bridgehead atoms. The minimum atomic E-state index is -4.55. The Kier molecular flexibility index (Phi) is 5.76. The first-order chi connectivity index (χ1) is 14.0. The number of hydrogen-bond donors (Lipinski definition) is 0. The molecule has 30 heavy (non-hydrogen) atoms. The number of sulfone groups is 1. The van der Waals surface area contributed by atoms with Crippen molar-refractivity contribution in [1.29, 1.82) is 0 Å². The van der Waals surface area contributed by atoms with E-state index in [9.17, 15) is 21.6 Å². The van der Waals surface area contributed by atoms with Gasteiger partial charge in [0.2, 0.25) is 0 Å². The summed E-state index contributed by atoms with van der Waals surface area (Å²) in [6.07, 6.45) is -4.55. The largest absolute Gasteiger partial charge is 0.416 e. The highest BCUT2D eigenvalue weighted by molar-refractivity contribution is 8.13. The van der Waals surface area contributed by atoms with Gasteiger partial charge in [0.05, 0.1) is 39.9 Å². The molecule has 1 fully saturated rings. The van der Waals surface area contributed by atoms with Crippen LogP contribution in [0.1, 0.15) is 11.1 Å². The van der Waals surface area contributed by atoms with Gasteiger partial charge in [-0.1, -0.05) is 53.2 Å². The maximum absolute atomic E-state index is 13.3. The molecular formula is C19H15Cl2F3N2O2S2. The lowest BCUT2D eigenvalue weighted by Gasteiger charge is -2.28. The number of hydrogen-bond acceptors (Lipinski definition) is 5. The Balaban J connectivity index is 1.71. The van der Waals surface area contributed by atoms with Crippen LogP contribution < -0.4 is 4.90 Å². The average molecular weight is 495 g/mol. The number of aliphatic imine (C=N–C) groups is 1. The molecule has 4 rings (SSSR count). The third-order valence-corrected chi connectivity index (χ3v) is 8.36. The number of rotatable bonds is 3. The summed E-state index contributed by atoms with van der Waals surface area (Å²) in [6, 6.07) is 9.11. The van der Waals surface area contributed by atoms with E-state index in [2.05, 4.69) is 4.99 Å². The number of benzene rings is 2. The van der Waals surface area contributed by atoms with Crippen LogP contribution in [-0.2, 0) is 21.8 Å². The molecule has 2 heterocycles. The van der Waals surface area contributed by atoms with Gasteiger partial charge in [0.25, 0.3) is 0 Å². The average Bonchev–Trinajstić information content (AvgIpc) is 3.11. The van der Waals surface area contributed by atoms with Crippen LogP contribution in [0.3, 0.4) is 0 Å². The van der Waals surface area contributed by atoms with E-state index in [4.69, 9.17) is 23.2 Å². The Morgan fingerprint density at radius 2 is 1.83 bits per heavy atom. The van der Waals surface area contributed by atoms with Crippen molar-refractivity contribution in [2.75, 3.05) is 16.4 Å². The van der Waals surface area contributed by atoms with Crippen LogP contribution in [0.15, 0.2) is 47.5 Å². The molecule has 0 spiro atoms. The monoisotopic (exact) mass is 494 g/mol. The van der Waals surface area contributed by atoms with Crippen LogP contribution in [0, 0.1) is 0 Å². The van der Waals surface area contributed by atoms with Crippen molar-refractivity contribution in [2.24, 2.45) is 4.99 Å². The molecule has 1 saturated heterocycles. The molecule has 0 amide bonds. The van der Waals surface area contributed by atoms with Gasteiger partial charge < -0.3 is 4.90 Å². The summed E-state index contributed by atoms with van der Waals surface area (Å²) in [4.78, 5) is 6.06. The molecule has 0 aliphatic carbocycles. The second-order valence-corrected chi connectivity index (χ2v) is 10.9. The van der Waals surface area contributed by atoms with Gasteiger partial charge in [0.1, 0.15) is 0 Å². The summed E-state index contributed by atoms with van der Waals surface area (Å²) in [7, 11) is -3.34. The van der Waals surface area contributed by atoms with E-state index < -0.39 is 33.7 Å². The van der Waals surface area contributed by atoms with E-state index in [1.54, 1.807) is 12.1 Å². The van der Waals surface area contributed by atoms with Crippen LogP contribution in [-0.4, -0.2) is 37.2 Å². The molecule has 4 nitrogen and oxygen atoms in total. The molecule has 2 aromatic rings. The normalized spacial score (nSPS) is 22.8. The number of halogens is 5. The van der Waals surface area contributed by atoms with Crippen LogP contribution in [0.25, 0.3) is 0 Å². The fourth-order valence-electron chi connectivity index (χ4n) is 3.55. The first-order valence-corrected chi connectivity index (χ1v) is 12.4. The summed E-state index contributed by atoms with van der Waals surface area (Å²) < 4.78 is 64.1. The SMILES string of the molecule is O=S1(=O)C[C@@H]2N=C(SCc3ccccc3Cl)N(c3cc(C(F)(F)F)ccc3Cl)[C@H]2C1. The molecule has 2 aliphatic heterocycles. The third-order valence-electron chi connectivity index (χ3n) is 4.96. The van der Waals surface area contributed by atoms with Crippen molar-refractivity contribution >= 4 is 55.7 Å². The van der Waals surface area contributed by atoms with Crippen molar-refractivity contribution in [3.8, 4) is 0 Å². The second-order valence-electron chi connectivity index (χ2n) is 7.04. The second kappa shape index (κ2) is 7.93. The van der Waals surface area contributed by atoms with E-state index in [1.165, 1.54) is 22.7 Å². The predicted octanol–water partition coefficient (Wildman–Crippen LogP) is 5.29. The summed E-state index contributed by atoms with van der Waals surface area (Å²) in [5.41, 5.74) is 0.0785. The maximum Gasteiger partial charge on any atom is 0.416 e. The lowest BCUT2D eigenvalue weighted by molar-refractivity contribution is -0.137. The number of amidine groups is 1. The molecule has 0 saturated carbocycles. The molecule has 2 aliphatic rings. The van der Waals surface area contributed by atoms with Crippen molar-refractivity contribution in [3.05, 3.63) is 63.6 Å². The summed E-state index contributed by atoms with van der Waals surface area (Å²) >= 11 is 13.7. The van der Waals surface area contributed by atoms with Gasteiger partial charge >= 0.3 is 6.18 Å². The Morgan fingerprint density at radius 1 is 1.10 bits per heavy atom. The van der Waals surface area contributed by atoms with Crippen LogP contribution in [0.4, 0.5) is 18.9 Å². The van der Waals surface area contributed by atoms with Crippen LogP contribution >= 0.6 is 35.0 Å². The van der Waals surface area contributed by atoms with Gasteiger partial charge in [-0.25, -0.2) is 8.42 Å². The zero-order valence-corrected chi connectivity index (χ0v) is 18.4. The zero-order valence-electron chi connectivity index (χ0n) is 15.2. The summed E-state index contributed by atoms with van der Waals surface area (Å²) in [5, 5.41) is 1.09. The Labute approximate surface area is 186 Å². The molecule has 2 atom stereocenters. The first-order valence-electron chi connectivity index (χ1n) is 8.85. The lowest BCUT2D eigenvalue weighted by atomic mass is 10.1. The highest BCUT2D eigenvalue weighted by atomic mass is 35.5. The Hall–Kier alpha value is -1.42. The summed E-state index contributed by atoms with van der Waals surface area (Å²) in [6.45, 7) is 0. The van der Waals surface area contributed by atoms with Gasteiger partial charge in [-0.2, -0.15) is 13.2 Å². The zero-order chi connectivity index (χ0) is 21.7. The topological polar surface area (TPSA) is 49.7 Å². The third kappa shape index (κ3) is 4.30. The van der Waals surface area contributed by atoms with Crippen molar-refractivity contribution in [1.82, 2.24) is 0 Å². The Bertz CT molecular complexity index is 1120. The molecule has 0 N–H and O–H groups in total. The molecule has 11 heteroatoms. The molecular weight excluding hydrogens is 480 g/mol. The standard InChI is InChI=1S/C19H15Cl2F3N2O2S2/c20-13-4-2-1-3-11(13)8-29-18-25-15-9-30(27,28)10-17(15)26(18)16-7-12(19(22,23)24)5-6-14(16)21/h1-7,15,17H,8-10H2/t15-,17-/m0/s1. The van der Waals surface area contributed by atoms with Gasteiger partial charge in [-0.3, -0.25) is 4.99 Å². The minimum Gasteiger partial charge on any atom is -0.313 e. The minimum absolute atomic E-state index is 0.0963. The van der Waals surface area contributed by atoms with E-state index in [0.29, 0.717) is 15.9 Å². The number of anilines is 1. The van der Waals surface area contributed by atoms with Gasteiger partial charge in [0, 0.05) is 10.8 Å². The van der Waals surface area contributed by atoms with E-state index in [1.807, 2.05) is 12.1 Å². The maximum atomic E-state index is 13.3. The Morgan fingerprint density at radius 3 is 2.53 bits per heavy atom. The number of thioether (sulfide) groups is 1. The lowest BCUT2D eigenvalue weighted by Crippen LogP contribution is -2.39. The van der Waals surface area contributed by atoms with Crippen LogP contribution in [0.2, 0.25) is 10.0 Å². The molecule has 0 radical (unpaired) electrons. The number of fused-ring (bicyclic) bond motifs is 1. The molecule has 2 aromatic carbocycles. The van der Waals surface area contributed by atoms with E-state index in [0.717, 1.165) is 17.7 Å². The smallest absolute Gasteiger partial charge is 0.313 e. The quantitative estimate of drug-likeness (QED) is 0.581. The highest BCUT2D eigenvalue weighted by Crippen LogP contribution is 2.42. The van der Waals surface area contributed by atoms with E-state index in [-0.39, 0.29) is 22.2 Å².